The van der Waals surface area contributed by atoms with E-state index in [9.17, 15) is 19.6 Å². The number of nitriles is 1. The molecule has 41 heavy (non-hydrogen) atoms. The number of pyridine rings is 1. The third-order valence-electron chi connectivity index (χ3n) is 7.25. The molecule has 1 saturated heterocycles. The zero-order chi connectivity index (χ0) is 29.5. The molecule has 1 amide bonds. The van der Waals surface area contributed by atoms with Crippen LogP contribution in [0.25, 0.3) is 33.3 Å². The molecule has 2 N–H and O–H groups in total. The van der Waals surface area contributed by atoms with E-state index >= 15 is 0 Å². The zero-order valence-corrected chi connectivity index (χ0v) is 23.8. The van der Waals surface area contributed by atoms with Crippen LogP contribution in [0.2, 0.25) is 0 Å². The van der Waals surface area contributed by atoms with Gasteiger partial charge in [-0.2, -0.15) is 10.4 Å². The molecule has 3 heterocycles. The number of halogens is 1. The number of ether oxygens (including phenoxy) is 1. The SMILES string of the molecule is Cc1ccc(-c2c(-c3ccc(C#N)c(F)c3)nc(N3CCC(NC(=O)OC(C)(C)C)CC3)c3c2cnn3C)cc1O. The first-order valence-electron chi connectivity index (χ1n) is 13.6. The summed E-state index contributed by atoms with van der Waals surface area (Å²) in [6.07, 6.45) is 2.70. The predicted molar refractivity (Wildman–Crippen MR) is 155 cm³/mol. The molecule has 0 atom stereocenters. The molecule has 2 aromatic carbocycles. The summed E-state index contributed by atoms with van der Waals surface area (Å²) >= 11 is 0. The Bertz CT molecular complexity index is 1680. The Labute approximate surface area is 238 Å². The lowest BCUT2D eigenvalue weighted by Crippen LogP contribution is -2.46. The maximum absolute atomic E-state index is 14.8. The molecule has 0 spiro atoms. The average Bonchev–Trinajstić information content (AvgIpc) is 3.30. The van der Waals surface area contributed by atoms with Crippen molar-refractivity contribution in [3.8, 4) is 34.2 Å². The molecule has 1 fully saturated rings. The van der Waals surface area contributed by atoms with Crippen LogP contribution >= 0.6 is 0 Å². The fourth-order valence-electron chi connectivity index (χ4n) is 5.18. The van der Waals surface area contributed by atoms with Gasteiger partial charge in [0.2, 0.25) is 0 Å². The summed E-state index contributed by atoms with van der Waals surface area (Å²) in [5.74, 6) is 0.196. The number of carbonyl (C=O) groups is 1. The number of nitrogens with one attached hydrogen (secondary N) is 1. The molecule has 0 unspecified atom stereocenters. The standard InChI is InChI=1S/C31H33FN6O3/c1-18-6-7-19(15-25(18)39)26-23-17-34-37(5)28(23)29(36-27(26)20-8-9-21(16-33)24(32)14-20)38-12-10-22(11-13-38)35-30(40)41-31(2,3)4/h6-9,14-15,17,22,39H,10-13H2,1-5H3,(H,35,40). The molecule has 0 bridgehead atoms. The van der Waals surface area contributed by atoms with Crippen molar-refractivity contribution in [3.63, 3.8) is 0 Å². The Kier molecular flexibility index (Phi) is 7.30. The molecule has 1 aliphatic rings. The summed E-state index contributed by atoms with van der Waals surface area (Å²) in [6.45, 7) is 8.56. The lowest BCUT2D eigenvalue weighted by atomic mass is 9.94. The van der Waals surface area contributed by atoms with Crippen LogP contribution in [0.4, 0.5) is 15.0 Å². The van der Waals surface area contributed by atoms with E-state index in [1.165, 1.54) is 12.1 Å². The molecule has 4 aromatic rings. The quantitative estimate of drug-likeness (QED) is 0.325. The molecule has 0 radical (unpaired) electrons. The molecular weight excluding hydrogens is 523 g/mol. The van der Waals surface area contributed by atoms with Crippen LogP contribution in [0.1, 0.15) is 44.7 Å². The minimum atomic E-state index is -0.633. The number of amides is 1. The van der Waals surface area contributed by atoms with Crippen LogP contribution in [-0.2, 0) is 11.8 Å². The minimum absolute atomic E-state index is 0.0370. The smallest absolute Gasteiger partial charge is 0.407 e. The molecule has 0 aliphatic carbocycles. The van der Waals surface area contributed by atoms with E-state index in [1.54, 1.807) is 23.0 Å². The fourth-order valence-corrected chi connectivity index (χ4v) is 5.18. The second-order valence-corrected chi connectivity index (χ2v) is 11.4. The Morgan fingerprint density at radius 1 is 1.17 bits per heavy atom. The number of aromatic hydroxyl groups is 1. The molecule has 10 heteroatoms. The van der Waals surface area contributed by atoms with Crippen molar-refractivity contribution >= 4 is 22.8 Å². The molecule has 212 valence electrons. The number of carbonyl (C=O) groups excluding carboxylic acids is 1. The van der Waals surface area contributed by atoms with Gasteiger partial charge < -0.3 is 20.1 Å². The van der Waals surface area contributed by atoms with Gasteiger partial charge in [-0.25, -0.2) is 14.2 Å². The number of hydrogen-bond donors (Lipinski definition) is 2. The Morgan fingerprint density at radius 3 is 2.51 bits per heavy atom. The summed E-state index contributed by atoms with van der Waals surface area (Å²) in [5, 5.41) is 28.1. The summed E-state index contributed by atoms with van der Waals surface area (Å²) in [7, 11) is 1.85. The number of fused-ring (bicyclic) bond motifs is 1. The summed E-state index contributed by atoms with van der Waals surface area (Å²) in [6, 6.07) is 11.7. The van der Waals surface area contributed by atoms with Crippen molar-refractivity contribution in [3.05, 3.63) is 59.5 Å². The Balaban J connectivity index is 1.59. The largest absolute Gasteiger partial charge is 0.508 e. The number of alkyl carbamates (subject to hydrolysis) is 1. The Hall–Kier alpha value is -4.65. The summed E-state index contributed by atoms with van der Waals surface area (Å²) < 4.78 is 22.0. The molecule has 2 aromatic heterocycles. The van der Waals surface area contributed by atoms with Crippen LogP contribution in [0.5, 0.6) is 5.75 Å². The van der Waals surface area contributed by atoms with Crippen LogP contribution in [0.3, 0.4) is 0 Å². The van der Waals surface area contributed by atoms with E-state index in [0.717, 1.165) is 16.5 Å². The molecule has 5 rings (SSSR count). The van der Waals surface area contributed by atoms with Gasteiger partial charge in [-0.1, -0.05) is 18.2 Å². The minimum Gasteiger partial charge on any atom is -0.508 e. The van der Waals surface area contributed by atoms with E-state index < -0.39 is 17.5 Å². The van der Waals surface area contributed by atoms with Gasteiger partial charge in [0.1, 0.15) is 28.8 Å². The highest BCUT2D eigenvalue weighted by atomic mass is 19.1. The monoisotopic (exact) mass is 556 g/mol. The number of piperidine rings is 1. The van der Waals surface area contributed by atoms with Gasteiger partial charge in [0.25, 0.3) is 0 Å². The predicted octanol–water partition coefficient (Wildman–Crippen LogP) is 5.82. The van der Waals surface area contributed by atoms with Crippen LogP contribution in [-0.4, -0.2) is 50.7 Å². The van der Waals surface area contributed by atoms with Crippen molar-refractivity contribution in [2.24, 2.45) is 7.05 Å². The molecular formula is C31H33FN6O3. The average molecular weight is 557 g/mol. The number of phenols is 1. The highest BCUT2D eigenvalue weighted by molar-refractivity contribution is 6.06. The van der Waals surface area contributed by atoms with E-state index in [4.69, 9.17) is 9.72 Å². The highest BCUT2D eigenvalue weighted by Crippen LogP contribution is 2.42. The van der Waals surface area contributed by atoms with Gasteiger partial charge in [0, 0.05) is 42.7 Å². The second kappa shape index (κ2) is 10.7. The first-order valence-corrected chi connectivity index (χ1v) is 13.6. The summed E-state index contributed by atoms with van der Waals surface area (Å²) in [4.78, 5) is 19.6. The first kappa shape index (κ1) is 27.9. The molecule has 9 nitrogen and oxygen atoms in total. The van der Waals surface area contributed by atoms with Gasteiger partial charge in [-0.3, -0.25) is 4.68 Å². The third-order valence-corrected chi connectivity index (χ3v) is 7.25. The number of phenolic OH excluding ortho intramolecular Hbond substituents is 1. The lowest BCUT2D eigenvalue weighted by Gasteiger charge is -2.34. The number of aryl methyl sites for hydroxylation is 2. The number of aromatic nitrogens is 3. The number of nitrogens with zero attached hydrogens (tertiary/aromatic N) is 5. The van der Waals surface area contributed by atoms with Crippen molar-refractivity contribution in [2.75, 3.05) is 18.0 Å². The number of hydrogen-bond acceptors (Lipinski definition) is 7. The van der Waals surface area contributed by atoms with Gasteiger partial charge >= 0.3 is 6.09 Å². The van der Waals surface area contributed by atoms with Crippen molar-refractivity contribution in [2.45, 2.75) is 52.2 Å². The third kappa shape index (κ3) is 5.66. The lowest BCUT2D eigenvalue weighted by molar-refractivity contribution is 0.0497. The van der Waals surface area contributed by atoms with Gasteiger partial charge in [0.05, 0.1) is 17.5 Å². The van der Waals surface area contributed by atoms with E-state index in [0.29, 0.717) is 54.1 Å². The van der Waals surface area contributed by atoms with Gasteiger partial charge in [0.15, 0.2) is 5.82 Å². The maximum Gasteiger partial charge on any atom is 0.407 e. The van der Waals surface area contributed by atoms with Crippen molar-refractivity contribution in [1.82, 2.24) is 20.1 Å². The number of anilines is 1. The van der Waals surface area contributed by atoms with Crippen molar-refractivity contribution < 1.29 is 19.0 Å². The van der Waals surface area contributed by atoms with E-state index in [1.807, 2.05) is 52.9 Å². The van der Waals surface area contributed by atoms with Crippen LogP contribution < -0.4 is 10.2 Å². The zero-order valence-electron chi connectivity index (χ0n) is 23.8. The fraction of sp³-hybridized carbons (Fsp3) is 0.355. The van der Waals surface area contributed by atoms with Crippen molar-refractivity contribution in [1.29, 1.82) is 5.26 Å². The Morgan fingerprint density at radius 2 is 1.88 bits per heavy atom. The van der Waals surface area contributed by atoms with E-state index in [2.05, 4.69) is 15.3 Å². The van der Waals surface area contributed by atoms with Crippen LogP contribution in [0, 0.1) is 24.1 Å². The first-order chi connectivity index (χ1) is 19.4. The molecule has 0 saturated carbocycles. The second-order valence-electron chi connectivity index (χ2n) is 11.4. The van der Waals surface area contributed by atoms with Gasteiger partial charge in [-0.05, 0) is 69.9 Å². The number of rotatable bonds is 4. The van der Waals surface area contributed by atoms with Gasteiger partial charge in [-0.15, -0.1) is 0 Å². The molecule has 1 aliphatic heterocycles. The summed E-state index contributed by atoms with van der Waals surface area (Å²) in [5.41, 5.74) is 3.35. The maximum atomic E-state index is 14.8. The highest BCUT2D eigenvalue weighted by Gasteiger charge is 2.28. The van der Waals surface area contributed by atoms with E-state index in [-0.39, 0.29) is 17.4 Å². The topological polar surface area (TPSA) is 116 Å². The number of benzene rings is 2. The normalized spacial score (nSPS) is 14.2. The van der Waals surface area contributed by atoms with Crippen LogP contribution in [0.15, 0.2) is 42.6 Å².